The molecule has 94 valence electrons. The number of rotatable bonds is 4. The summed E-state index contributed by atoms with van der Waals surface area (Å²) in [6, 6.07) is 8.55. The van der Waals surface area contributed by atoms with Gasteiger partial charge in [0.15, 0.2) is 0 Å². The molecule has 0 bridgehead atoms. The smallest absolute Gasteiger partial charge is 0.309 e. The summed E-state index contributed by atoms with van der Waals surface area (Å²) in [4.78, 5) is 10.8. The Balaban J connectivity index is 3.06. The third-order valence-electron chi connectivity index (χ3n) is 2.09. The highest BCUT2D eigenvalue weighted by Gasteiger charge is 2.37. The number of aliphatic carboxylic acids is 1. The van der Waals surface area contributed by atoms with E-state index in [0.717, 1.165) is 0 Å². The SMILES string of the molecule is CC(C)(C)OC(O)(CC(=O)O)c1ccccc1. The van der Waals surface area contributed by atoms with E-state index in [1.807, 2.05) is 0 Å². The Bertz CT molecular complexity index is 380. The molecule has 17 heavy (non-hydrogen) atoms. The maximum atomic E-state index is 10.8. The summed E-state index contributed by atoms with van der Waals surface area (Å²) in [5, 5.41) is 19.3. The number of hydrogen-bond donors (Lipinski definition) is 2. The topological polar surface area (TPSA) is 66.8 Å². The number of ether oxygens (including phenoxy) is 1. The molecule has 1 atom stereocenters. The quantitative estimate of drug-likeness (QED) is 0.788. The lowest BCUT2D eigenvalue weighted by molar-refractivity contribution is -0.264. The summed E-state index contributed by atoms with van der Waals surface area (Å²) in [7, 11) is 0. The summed E-state index contributed by atoms with van der Waals surface area (Å²) in [6.45, 7) is 5.30. The van der Waals surface area contributed by atoms with E-state index in [0.29, 0.717) is 5.56 Å². The van der Waals surface area contributed by atoms with Gasteiger partial charge in [0.2, 0.25) is 5.79 Å². The average Bonchev–Trinajstić information content (AvgIpc) is 2.14. The van der Waals surface area contributed by atoms with Crippen LogP contribution in [0.2, 0.25) is 0 Å². The van der Waals surface area contributed by atoms with Crippen molar-refractivity contribution in [2.45, 2.75) is 38.6 Å². The van der Waals surface area contributed by atoms with Gasteiger partial charge in [-0.15, -0.1) is 0 Å². The molecule has 0 radical (unpaired) electrons. The van der Waals surface area contributed by atoms with Crippen molar-refractivity contribution in [2.75, 3.05) is 0 Å². The van der Waals surface area contributed by atoms with Crippen molar-refractivity contribution in [3.8, 4) is 0 Å². The molecule has 1 unspecified atom stereocenters. The second kappa shape index (κ2) is 4.85. The van der Waals surface area contributed by atoms with Crippen LogP contribution < -0.4 is 0 Å². The molecule has 0 aromatic heterocycles. The molecule has 0 aliphatic rings. The van der Waals surface area contributed by atoms with E-state index < -0.39 is 23.8 Å². The molecule has 4 heteroatoms. The van der Waals surface area contributed by atoms with Gasteiger partial charge in [0, 0.05) is 5.56 Å². The average molecular weight is 238 g/mol. The Hall–Kier alpha value is -1.39. The van der Waals surface area contributed by atoms with Gasteiger partial charge >= 0.3 is 5.97 Å². The molecule has 0 aliphatic carbocycles. The molecule has 0 saturated carbocycles. The third kappa shape index (κ3) is 4.17. The molecule has 1 aromatic carbocycles. The zero-order valence-corrected chi connectivity index (χ0v) is 10.3. The van der Waals surface area contributed by atoms with Gasteiger partial charge in [-0.05, 0) is 20.8 Å². The summed E-state index contributed by atoms with van der Waals surface area (Å²) in [5.41, 5.74) is -0.197. The van der Waals surface area contributed by atoms with Crippen LogP contribution in [0, 0.1) is 0 Å². The van der Waals surface area contributed by atoms with Gasteiger partial charge in [0.25, 0.3) is 0 Å². The zero-order valence-electron chi connectivity index (χ0n) is 10.3. The fourth-order valence-corrected chi connectivity index (χ4v) is 1.61. The van der Waals surface area contributed by atoms with Crippen molar-refractivity contribution in [3.63, 3.8) is 0 Å². The first-order valence-corrected chi connectivity index (χ1v) is 5.43. The van der Waals surface area contributed by atoms with Crippen molar-refractivity contribution in [1.82, 2.24) is 0 Å². The Morgan fingerprint density at radius 1 is 1.24 bits per heavy atom. The van der Waals surface area contributed by atoms with E-state index in [4.69, 9.17) is 9.84 Å². The first kappa shape index (κ1) is 13.7. The first-order chi connectivity index (χ1) is 7.73. The van der Waals surface area contributed by atoms with Crippen molar-refractivity contribution in [2.24, 2.45) is 0 Å². The Labute approximate surface area is 101 Å². The van der Waals surface area contributed by atoms with E-state index in [2.05, 4.69) is 0 Å². The standard InChI is InChI=1S/C13H18O4/c1-12(2,3)17-13(16,9-11(14)15)10-7-5-4-6-8-10/h4-8,16H,9H2,1-3H3,(H,14,15). The van der Waals surface area contributed by atoms with Gasteiger partial charge < -0.3 is 14.9 Å². The Kier molecular flexibility index (Phi) is 3.91. The molecule has 0 fully saturated rings. The minimum atomic E-state index is -1.80. The van der Waals surface area contributed by atoms with Gasteiger partial charge in [-0.25, -0.2) is 0 Å². The molecule has 1 aromatic rings. The highest BCUT2D eigenvalue weighted by Crippen LogP contribution is 2.31. The number of benzene rings is 1. The van der Waals surface area contributed by atoms with E-state index in [9.17, 15) is 9.90 Å². The summed E-state index contributed by atoms with van der Waals surface area (Å²) in [5.74, 6) is -2.91. The fourth-order valence-electron chi connectivity index (χ4n) is 1.61. The zero-order chi connectivity index (χ0) is 13.1. The van der Waals surface area contributed by atoms with Gasteiger partial charge in [-0.1, -0.05) is 30.3 Å². The van der Waals surface area contributed by atoms with Crippen LogP contribution in [0.3, 0.4) is 0 Å². The normalized spacial score (nSPS) is 15.3. The molecule has 2 N–H and O–H groups in total. The molecular formula is C13H18O4. The van der Waals surface area contributed by atoms with Gasteiger partial charge in [0.05, 0.1) is 5.60 Å². The largest absolute Gasteiger partial charge is 0.481 e. The Morgan fingerprint density at radius 2 is 1.76 bits per heavy atom. The number of carboxylic acids is 1. The van der Waals surface area contributed by atoms with Crippen LogP contribution >= 0.6 is 0 Å². The van der Waals surface area contributed by atoms with Crippen molar-refractivity contribution >= 4 is 5.97 Å². The highest BCUT2D eigenvalue weighted by molar-refractivity contribution is 5.68. The third-order valence-corrected chi connectivity index (χ3v) is 2.09. The molecule has 4 nitrogen and oxygen atoms in total. The number of aliphatic hydroxyl groups is 1. The van der Waals surface area contributed by atoms with Crippen molar-refractivity contribution < 1.29 is 19.7 Å². The molecule has 0 spiro atoms. The fraction of sp³-hybridized carbons (Fsp3) is 0.462. The van der Waals surface area contributed by atoms with Crippen LogP contribution in [-0.2, 0) is 15.3 Å². The molecule has 0 saturated heterocycles. The van der Waals surface area contributed by atoms with Crippen LogP contribution in [0.1, 0.15) is 32.8 Å². The lowest BCUT2D eigenvalue weighted by atomic mass is 10.0. The maximum Gasteiger partial charge on any atom is 0.309 e. The number of carboxylic acid groups (broad SMARTS) is 1. The van der Waals surface area contributed by atoms with E-state index in [1.165, 1.54) is 0 Å². The highest BCUT2D eigenvalue weighted by atomic mass is 16.6. The lowest BCUT2D eigenvalue weighted by Gasteiger charge is -2.34. The van der Waals surface area contributed by atoms with E-state index in [1.54, 1.807) is 51.1 Å². The molecule has 1 rings (SSSR count). The maximum absolute atomic E-state index is 10.8. The predicted molar refractivity (Wildman–Crippen MR) is 63.4 cm³/mol. The van der Waals surface area contributed by atoms with E-state index in [-0.39, 0.29) is 0 Å². The Morgan fingerprint density at radius 3 is 2.18 bits per heavy atom. The summed E-state index contributed by atoms with van der Waals surface area (Å²) < 4.78 is 5.50. The van der Waals surface area contributed by atoms with Gasteiger partial charge in [-0.2, -0.15) is 0 Å². The summed E-state index contributed by atoms with van der Waals surface area (Å²) >= 11 is 0. The van der Waals surface area contributed by atoms with Crippen molar-refractivity contribution in [3.05, 3.63) is 35.9 Å². The molecule has 0 aliphatic heterocycles. The number of hydrogen-bond acceptors (Lipinski definition) is 3. The monoisotopic (exact) mass is 238 g/mol. The molecular weight excluding hydrogens is 220 g/mol. The second-order valence-corrected chi connectivity index (χ2v) is 4.94. The van der Waals surface area contributed by atoms with Crippen LogP contribution in [0.4, 0.5) is 0 Å². The minimum absolute atomic E-state index is 0.442. The van der Waals surface area contributed by atoms with Crippen LogP contribution in [0.25, 0.3) is 0 Å². The van der Waals surface area contributed by atoms with Crippen LogP contribution in [0.15, 0.2) is 30.3 Å². The van der Waals surface area contributed by atoms with Crippen molar-refractivity contribution in [1.29, 1.82) is 0 Å². The lowest BCUT2D eigenvalue weighted by Crippen LogP contribution is -2.39. The molecule has 0 amide bonds. The summed E-state index contributed by atoms with van der Waals surface area (Å²) in [6.07, 6.45) is -0.492. The minimum Gasteiger partial charge on any atom is -0.481 e. The first-order valence-electron chi connectivity index (χ1n) is 5.43. The number of carbonyl (C=O) groups is 1. The second-order valence-electron chi connectivity index (χ2n) is 4.94. The van der Waals surface area contributed by atoms with E-state index >= 15 is 0 Å². The van der Waals surface area contributed by atoms with Crippen LogP contribution in [-0.4, -0.2) is 21.8 Å². The van der Waals surface area contributed by atoms with Gasteiger partial charge in [0.1, 0.15) is 6.42 Å². The molecule has 0 heterocycles. The predicted octanol–water partition coefficient (Wildman–Crippen LogP) is 2.12. The van der Waals surface area contributed by atoms with Gasteiger partial charge in [-0.3, -0.25) is 4.79 Å². The van der Waals surface area contributed by atoms with Crippen LogP contribution in [0.5, 0.6) is 0 Å².